The second kappa shape index (κ2) is 6.17. The van der Waals surface area contributed by atoms with Crippen molar-refractivity contribution < 1.29 is 14.7 Å². The molecule has 2 rings (SSSR count). The van der Waals surface area contributed by atoms with Gasteiger partial charge in [0.15, 0.2) is 0 Å². The van der Waals surface area contributed by atoms with Crippen molar-refractivity contribution in [3.63, 3.8) is 0 Å². The highest BCUT2D eigenvalue weighted by molar-refractivity contribution is 7.15. The van der Waals surface area contributed by atoms with E-state index in [-0.39, 0.29) is 6.54 Å². The first-order chi connectivity index (χ1) is 9.55. The molecule has 0 aromatic carbocycles. The third-order valence-electron chi connectivity index (χ3n) is 3.59. The molecular formula is C12H18N4O3S. The molecule has 0 saturated heterocycles. The van der Waals surface area contributed by atoms with Crippen LogP contribution in [0.1, 0.15) is 37.6 Å². The number of aliphatic carboxylic acids is 1. The number of amides is 2. The maximum atomic E-state index is 11.8. The molecule has 20 heavy (non-hydrogen) atoms. The monoisotopic (exact) mass is 298 g/mol. The lowest BCUT2D eigenvalue weighted by Crippen LogP contribution is -2.42. The number of rotatable bonds is 5. The van der Waals surface area contributed by atoms with Gasteiger partial charge >= 0.3 is 12.0 Å². The molecule has 2 amide bonds. The molecule has 8 heteroatoms. The predicted molar refractivity (Wildman–Crippen MR) is 74.8 cm³/mol. The van der Waals surface area contributed by atoms with E-state index in [1.54, 1.807) is 0 Å². The van der Waals surface area contributed by atoms with E-state index in [1.807, 2.05) is 6.92 Å². The minimum Gasteiger partial charge on any atom is -0.481 e. The molecule has 0 radical (unpaired) electrons. The quantitative estimate of drug-likeness (QED) is 0.769. The highest BCUT2D eigenvalue weighted by Crippen LogP contribution is 2.37. The van der Waals surface area contributed by atoms with E-state index in [9.17, 15) is 14.7 Å². The van der Waals surface area contributed by atoms with Gasteiger partial charge in [-0.3, -0.25) is 10.1 Å². The highest BCUT2D eigenvalue weighted by Gasteiger charge is 2.41. The fraction of sp³-hybridized carbons (Fsp3) is 0.667. The van der Waals surface area contributed by atoms with Gasteiger partial charge in [0.25, 0.3) is 0 Å². The topological polar surface area (TPSA) is 104 Å². The molecule has 1 aliphatic rings. The van der Waals surface area contributed by atoms with E-state index in [2.05, 4.69) is 20.8 Å². The first kappa shape index (κ1) is 14.7. The molecule has 0 aliphatic heterocycles. The van der Waals surface area contributed by atoms with E-state index in [0.717, 1.165) is 24.3 Å². The number of anilines is 1. The number of urea groups is 1. The lowest BCUT2D eigenvalue weighted by atomic mass is 9.86. The summed E-state index contributed by atoms with van der Waals surface area (Å²) in [6, 6.07) is -0.434. The number of hydrogen-bond donors (Lipinski definition) is 3. The van der Waals surface area contributed by atoms with Crippen molar-refractivity contribution >= 4 is 28.5 Å². The third-order valence-corrected chi connectivity index (χ3v) is 4.57. The van der Waals surface area contributed by atoms with Crippen molar-refractivity contribution in [2.24, 2.45) is 5.41 Å². The lowest BCUT2D eigenvalue weighted by Gasteiger charge is -2.23. The Bertz CT molecular complexity index is 497. The Hall–Kier alpha value is -1.70. The number of aryl methyl sites for hydroxylation is 1. The van der Waals surface area contributed by atoms with Crippen molar-refractivity contribution in [1.29, 1.82) is 0 Å². The van der Waals surface area contributed by atoms with Crippen LogP contribution in [-0.2, 0) is 11.2 Å². The van der Waals surface area contributed by atoms with Crippen LogP contribution in [0.2, 0.25) is 0 Å². The summed E-state index contributed by atoms with van der Waals surface area (Å²) in [7, 11) is 0. The molecule has 1 aromatic heterocycles. The van der Waals surface area contributed by atoms with Gasteiger partial charge in [0, 0.05) is 6.54 Å². The number of carboxylic acid groups (broad SMARTS) is 1. The fourth-order valence-corrected chi connectivity index (χ4v) is 3.03. The zero-order chi connectivity index (χ0) is 14.6. The summed E-state index contributed by atoms with van der Waals surface area (Å²) in [5.41, 5.74) is -0.812. The zero-order valence-electron chi connectivity index (χ0n) is 11.3. The van der Waals surface area contributed by atoms with Crippen molar-refractivity contribution in [2.75, 3.05) is 11.9 Å². The zero-order valence-corrected chi connectivity index (χ0v) is 12.1. The molecule has 1 fully saturated rings. The Morgan fingerprint density at radius 3 is 2.60 bits per heavy atom. The number of carboxylic acids is 1. The molecule has 0 spiro atoms. The average molecular weight is 298 g/mol. The van der Waals surface area contributed by atoms with Crippen LogP contribution in [0.3, 0.4) is 0 Å². The van der Waals surface area contributed by atoms with Gasteiger partial charge in [-0.05, 0) is 19.3 Å². The minimum absolute atomic E-state index is 0.146. The molecule has 110 valence electrons. The molecule has 0 atom stereocenters. The van der Waals surface area contributed by atoms with E-state index in [1.165, 1.54) is 11.3 Å². The fourth-order valence-electron chi connectivity index (χ4n) is 2.36. The van der Waals surface area contributed by atoms with Crippen molar-refractivity contribution in [3.05, 3.63) is 5.01 Å². The normalized spacial score (nSPS) is 16.9. The predicted octanol–water partition coefficient (Wildman–Crippen LogP) is 1.87. The molecule has 1 aliphatic carbocycles. The van der Waals surface area contributed by atoms with Gasteiger partial charge in [0.2, 0.25) is 5.13 Å². The molecule has 0 bridgehead atoms. The number of carbonyl (C=O) groups excluding carboxylic acids is 1. The second-order valence-electron chi connectivity index (χ2n) is 4.95. The summed E-state index contributed by atoms with van der Waals surface area (Å²) >= 11 is 1.31. The van der Waals surface area contributed by atoms with Crippen LogP contribution in [0.5, 0.6) is 0 Å². The van der Waals surface area contributed by atoms with Crippen LogP contribution in [0, 0.1) is 5.41 Å². The number of nitrogens with one attached hydrogen (secondary N) is 2. The number of hydrogen-bond acceptors (Lipinski definition) is 5. The standard InChI is InChI=1S/C12H18N4O3S/c1-2-8-15-16-11(20-8)14-10(19)13-7-12(9(17)18)5-3-4-6-12/h2-7H2,1H3,(H,17,18)(H2,13,14,16,19). The van der Waals surface area contributed by atoms with Gasteiger partial charge in [-0.25, -0.2) is 4.79 Å². The van der Waals surface area contributed by atoms with Crippen LogP contribution in [-0.4, -0.2) is 33.8 Å². The molecule has 3 N–H and O–H groups in total. The first-order valence-corrected chi connectivity index (χ1v) is 7.48. The Morgan fingerprint density at radius 2 is 2.05 bits per heavy atom. The summed E-state index contributed by atoms with van der Waals surface area (Å²) in [6.45, 7) is 2.11. The molecule has 1 aromatic rings. The first-order valence-electron chi connectivity index (χ1n) is 6.66. The summed E-state index contributed by atoms with van der Waals surface area (Å²) in [5.74, 6) is -0.834. The van der Waals surface area contributed by atoms with Crippen LogP contribution < -0.4 is 10.6 Å². The summed E-state index contributed by atoms with van der Waals surface area (Å²) < 4.78 is 0. The summed E-state index contributed by atoms with van der Waals surface area (Å²) in [6.07, 6.45) is 3.78. The Kier molecular flexibility index (Phi) is 4.53. The number of nitrogens with zero attached hydrogens (tertiary/aromatic N) is 2. The van der Waals surface area contributed by atoms with Gasteiger partial charge in [-0.1, -0.05) is 31.1 Å². The van der Waals surface area contributed by atoms with Crippen molar-refractivity contribution in [1.82, 2.24) is 15.5 Å². The Labute approximate surface area is 120 Å². The van der Waals surface area contributed by atoms with Crippen molar-refractivity contribution in [3.8, 4) is 0 Å². The Morgan fingerprint density at radius 1 is 1.35 bits per heavy atom. The average Bonchev–Trinajstić information content (AvgIpc) is 3.05. The minimum atomic E-state index is -0.834. The smallest absolute Gasteiger partial charge is 0.321 e. The molecule has 7 nitrogen and oxygen atoms in total. The summed E-state index contributed by atoms with van der Waals surface area (Å²) in [5, 5.41) is 23.5. The maximum absolute atomic E-state index is 11.8. The lowest BCUT2D eigenvalue weighted by molar-refractivity contribution is -0.148. The highest BCUT2D eigenvalue weighted by atomic mass is 32.1. The SMILES string of the molecule is CCc1nnc(NC(=O)NCC2(C(=O)O)CCCC2)s1. The molecule has 0 unspecified atom stereocenters. The van der Waals surface area contributed by atoms with Crippen molar-refractivity contribution in [2.45, 2.75) is 39.0 Å². The summed E-state index contributed by atoms with van der Waals surface area (Å²) in [4.78, 5) is 23.1. The molecule has 1 saturated carbocycles. The van der Waals surface area contributed by atoms with Crippen LogP contribution in [0.4, 0.5) is 9.93 Å². The van der Waals surface area contributed by atoms with Gasteiger partial charge in [-0.2, -0.15) is 0 Å². The van der Waals surface area contributed by atoms with E-state index in [4.69, 9.17) is 0 Å². The molecule has 1 heterocycles. The van der Waals surface area contributed by atoms with Gasteiger partial charge < -0.3 is 10.4 Å². The molecular weight excluding hydrogens is 280 g/mol. The second-order valence-corrected chi connectivity index (χ2v) is 6.02. The third kappa shape index (κ3) is 3.24. The largest absolute Gasteiger partial charge is 0.481 e. The van der Waals surface area contributed by atoms with E-state index < -0.39 is 17.4 Å². The van der Waals surface area contributed by atoms with E-state index in [0.29, 0.717) is 18.0 Å². The van der Waals surface area contributed by atoms with Crippen LogP contribution >= 0.6 is 11.3 Å². The van der Waals surface area contributed by atoms with Gasteiger partial charge in [0.05, 0.1) is 5.41 Å². The Balaban J connectivity index is 1.86. The number of aromatic nitrogens is 2. The van der Waals surface area contributed by atoms with E-state index >= 15 is 0 Å². The maximum Gasteiger partial charge on any atom is 0.321 e. The number of carbonyl (C=O) groups is 2. The van der Waals surface area contributed by atoms with Crippen LogP contribution in [0.15, 0.2) is 0 Å². The van der Waals surface area contributed by atoms with Gasteiger partial charge in [0.1, 0.15) is 5.01 Å². The van der Waals surface area contributed by atoms with Crippen LogP contribution in [0.25, 0.3) is 0 Å². The van der Waals surface area contributed by atoms with Gasteiger partial charge in [-0.15, -0.1) is 10.2 Å².